The second-order valence-corrected chi connectivity index (χ2v) is 5.70. The van der Waals surface area contributed by atoms with Gasteiger partial charge in [-0.05, 0) is 59.9 Å². The molecule has 1 atom stereocenters. The average Bonchev–Trinajstić information content (AvgIpc) is 2.39. The third kappa shape index (κ3) is 3.05. The first-order valence-electron chi connectivity index (χ1n) is 6.56. The second-order valence-electron chi connectivity index (χ2n) is 4.84. The Morgan fingerprint density at radius 2 is 2.28 bits per heavy atom. The van der Waals surface area contributed by atoms with Crippen molar-refractivity contribution in [3.05, 3.63) is 28.2 Å². The molecule has 0 radical (unpaired) electrons. The van der Waals surface area contributed by atoms with Crippen LogP contribution in [0.1, 0.15) is 24.8 Å². The van der Waals surface area contributed by atoms with Gasteiger partial charge in [0.05, 0.1) is 18.3 Å². The Kier molecular flexibility index (Phi) is 5.03. The Balaban J connectivity index is 2.21. The number of nitrogens with one attached hydrogen (secondary N) is 1. The van der Waals surface area contributed by atoms with Crippen LogP contribution in [0.2, 0.25) is 0 Å². The molecule has 0 aliphatic carbocycles. The first-order chi connectivity index (χ1) is 8.76. The molecule has 0 amide bonds. The van der Waals surface area contributed by atoms with E-state index in [1.807, 2.05) is 7.05 Å². The molecule has 0 saturated carbocycles. The van der Waals surface area contributed by atoms with E-state index >= 15 is 0 Å². The second kappa shape index (κ2) is 6.55. The van der Waals surface area contributed by atoms with Crippen LogP contribution in [0.25, 0.3) is 0 Å². The summed E-state index contributed by atoms with van der Waals surface area (Å²) in [6.07, 6.45) is 3.51. The van der Waals surface area contributed by atoms with Crippen LogP contribution in [-0.4, -0.2) is 31.3 Å². The molecule has 2 rings (SSSR count). The van der Waals surface area contributed by atoms with Crippen molar-refractivity contribution < 1.29 is 5.11 Å². The van der Waals surface area contributed by atoms with Crippen molar-refractivity contribution in [1.29, 1.82) is 0 Å². The molecule has 1 aliphatic rings. The SMILES string of the molecule is CNCc1ccc(N2CCCCC2CO)c(Br)c1. The lowest BCUT2D eigenvalue weighted by Gasteiger charge is -2.37. The number of hydrogen-bond donors (Lipinski definition) is 2. The Bertz CT molecular complexity index is 397. The van der Waals surface area contributed by atoms with Gasteiger partial charge < -0.3 is 15.3 Å². The van der Waals surface area contributed by atoms with E-state index in [1.165, 1.54) is 24.1 Å². The summed E-state index contributed by atoms with van der Waals surface area (Å²) in [4.78, 5) is 2.33. The summed E-state index contributed by atoms with van der Waals surface area (Å²) in [5.74, 6) is 0. The Morgan fingerprint density at radius 1 is 1.44 bits per heavy atom. The van der Waals surface area contributed by atoms with Crippen LogP contribution in [0, 0.1) is 0 Å². The molecule has 100 valence electrons. The molecule has 3 nitrogen and oxygen atoms in total. The van der Waals surface area contributed by atoms with E-state index in [2.05, 4.69) is 44.3 Å². The van der Waals surface area contributed by atoms with Crippen molar-refractivity contribution in [2.45, 2.75) is 31.8 Å². The molecule has 0 bridgehead atoms. The van der Waals surface area contributed by atoms with Crippen molar-refractivity contribution in [2.75, 3.05) is 25.1 Å². The minimum Gasteiger partial charge on any atom is -0.394 e. The molecule has 1 heterocycles. The van der Waals surface area contributed by atoms with Gasteiger partial charge in [0.15, 0.2) is 0 Å². The molecule has 1 aromatic carbocycles. The molecule has 1 aromatic rings. The van der Waals surface area contributed by atoms with Crippen molar-refractivity contribution in [1.82, 2.24) is 5.32 Å². The maximum atomic E-state index is 9.49. The van der Waals surface area contributed by atoms with E-state index in [1.54, 1.807) is 0 Å². The standard InChI is InChI=1S/C14H21BrN2O/c1-16-9-11-5-6-14(13(15)8-11)17-7-3-2-4-12(17)10-18/h5-6,8,12,16,18H,2-4,7,9-10H2,1H3. The smallest absolute Gasteiger partial charge is 0.0635 e. The van der Waals surface area contributed by atoms with E-state index in [-0.39, 0.29) is 12.6 Å². The number of anilines is 1. The highest BCUT2D eigenvalue weighted by Gasteiger charge is 2.23. The zero-order valence-corrected chi connectivity index (χ0v) is 12.4. The fraction of sp³-hybridized carbons (Fsp3) is 0.571. The fourth-order valence-electron chi connectivity index (χ4n) is 2.60. The quantitative estimate of drug-likeness (QED) is 0.897. The monoisotopic (exact) mass is 312 g/mol. The van der Waals surface area contributed by atoms with Gasteiger partial charge in [-0.25, -0.2) is 0 Å². The predicted molar refractivity (Wildman–Crippen MR) is 79.0 cm³/mol. The van der Waals surface area contributed by atoms with E-state index in [0.717, 1.165) is 24.0 Å². The van der Waals surface area contributed by atoms with Crippen LogP contribution in [0.4, 0.5) is 5.69 Å². The normalized spacial score (nSPS) is 20.2. The summed E-state index contributed by atoms with van der Waals surface area (Å²) in [5, 5.41) is 12.6. The van der Waals surface area contributed by atoms with Crippen LogP contribution in [0.15, 0.2) is 22.7 Å². The van der Waals surface area contributed by atoms with Crippen molar-refractivity contribution in [3.63, 3.8) is 0 Å². The number of aliphatic hydroxyl groups excluding tert-OH is 1. The first-order valence-corrected chi connectivity index (χ1v) is 7.36. The lowest BCUT2D eigenvalue weighted by molar-refractivity contribution is 0.240. The van der Waals surface area contributed by atoms with Crippen molar-refractivity contribution >= 4 is 21.6 Å². The number of nitrogens with zero attached hydrogens (tertiary/aromatic N) is 1. The van der Waals surface area contributed by atoms with Gasteiger partial charge in [0, 0.05) is 17.6 Å². The van der Waals surface area contributed by atoms with Crippen molar-refractivity contribution in [2.24, 2.45) is 0 Å². The van der Waals surface area contributed by atoms with Crippen LogP contribution < -0.4 is 10.2 Å². The topological polar surface area (TPSA) is 35.5 Å². The molecule has 1 saturated heterocycles. The van der Waals surface area contributed by atoms with Gasteiger partial charge in [-0.2, -0.15) is 0 Å². The summed E-state index contributed by atoms with van der Waals surface area (Å²) in [6.45, 7) is 2.15. The Hall–Kier alpha value is -0.580. The highest BCUT2D eigenvalue weighted by molar-refractivity contribution is 9.10. The van der Waals surface area contributed by atoms with E-state index < -0.39 is 0 Å². The summed E-state index contributed by atoms with van der Waals surface area (Å²) in [5.41, 5.74) is 2.47. The number of benzene rings is 1. The molecule has 2 N–H and O–H groups in total. The zero-order chi connectivity index (χ0) is 13.0. The third-order valence-corrected chi connectivity index (χ3v) is 4.18. The lowest BCUT2D eigenvalue weighted by atomic mass is 10.0. The number of halogens is 1. The van der Waals surface area contributed by atoms with Gasteiger partial charge in [0.1, 0.15) is 0 Å². The molecule has 1 aliphatic heterocycles. The minimum absolute atomic E-state index is 0.241. The molecule has 1 fully saturated rings. The molecule has 18 heavy (non-hydrogen) atoms. The van der Waals surface area contributed by atoms with E-state index in [4.69, 9.17) is 0 Å². The molecular weight excluding hydrogens is 292 g/mol. The van der Waals surface area contributed by atoms with Gasteiger partial charge in [-0.3, -0.25) is 0 Å². The molecular formula is C14H21BrN2O. The number of aliphatic hydroxyl groups is 1. The van der Waals surface area contributed by atoms with Gasteiger partial charge in [-0.1, -0.05) is 6.07 Å². The highest BCUT2D eigenvalue weighted by atomic mass is 79.9. The summed E-state index contributed by atoms with van der Waals surface area (Å²) < 4.78 is 1.12. The summed E-state index contributed by atoms with van der Waals surface area (Å²) in [7, 11) is 1.95. The third-order valence-electron chi connectivity index (χ3n) is 3.54. The fourth-order valence-corrected chi connectivity index (χ4v) is 3.26. The van der Waals surface area contributed by atoms with Crippen LogP contribution in [0.3, 0.4) is 0 Å². The van der Waals surface area contributed by atoms with Gasteiger partial charge >= 0.3 is 0 Å². The minimum atomic E-state index is 0.241. The van der Waals surface area contributed by atoms with E-state index in [0.29, 0.717) is 0 Å². The van der Waals surface area contributed by atoms with Crippen LogP contribution in [0.5, 0.6) is 0 Å². The van der Waals surface area contributed by atoms with Gasteiger partial charge in [0.25, 0.3) is 0 Å². The molecule has 0 spiro atoms. The number of piperidine rings is 1. The molecule has 4 heteroatoms. The maximum absolute atomic E-state index is 9.49. The first kappa shape index (κ1) is 13.8. The lowest BCUT2D eigenvalue weighted by Crippen LogP contribution is -2.42. The zero-order valence-electron chi connectivity index (χ0n) is 10.8. The number of rotatable bonds is 4. The summed E-state index contributed by atoms with van der Waals surface area (Å²) in [6, 6.07) is 6.74. The molecule has 1 unspecified atom stereocenters. The van der Waals surface area contributed by atoms with Gasteiger partial charge in [-0.15, -0.1) is 0 Å². The Labute approximate surface area is 117 Å². The largest absolute Gasteiger partial charge is 0.394 e. The van der Waals surface area contributed by atoms with Crippen molar-refractivity contribution in [3.8, 4) is 0 Å². The van der Waals surface area contributed by atoms with Crippen LogP contribution in [-0.2, 0) is 6.54 Å². The van der Waals surface area contributed by atoms with E-state index in [9.17, 15) is 5.11 Å². The van der Waals surface area contributed by atoms with Crippen LogP contribution >= 0.6 is 15.9 Å². The maximum Gasteiger partial charge on any atom is 0.0635 e. The predicted octanol–water partition coefficient (Wildman–Crippen LogP) is 2.52. The molecule has 0 aromatic heterocycles. The highest BCUT2D eigenvalue weighted by Crippen LogP contribution is 2.32. The Morgan fingerprint density at radius 3 is 2.94 bits per heavy atom. The number of hydrogen-bond acceptors (Lipinski definition) is 3. The average molecular weight is 313 g/mol. The van der Waals surface area contributed by atoms with Gasteiger partial charge in [0.2, 0.25) is 0 Å². The summed E-state index contributed by atoms with van der Waals surface area (Å²) >= 11 is 3.66.